The van der Waals surface area contributed by atoms with Crippen LogP contribution < -0.4 is 5.73 Å². The molecule has 5 nitrogen and oxygen atoms in total. The molecule has 2 N–H and O–H groups in total. The van der Waals surface area contributed by atoms with Gasteiger partial charge < -0.3 is 15.5 Å². The SMILES string of the molecule is CC1CCN(C(=O)C2CCN(C(=O)[C@@H](N)C(C)(C)C)CC2)CC1.Cl. The Bertz CT molecular complexity index is 434. The zero-order valence-corrected chi connectivity index (χ0v) is 16.4. The van der Waals surface area contributed by atoms with Crippen molar-refractivity contribution in [1.29, 1.82) is 0 Å². The predicted octanol–water partition coefficient (Wildman–Crippen LogP) is 2.28. The maximum absolute atomic E-state index is 12.6. The number of nitrogens with zero attached hydrogens (tertiary/aromatic N) is 2. The Balaban J connectivity index is 0.00000288. The maximum atomic E-state index is 12.6. The smallest absolute Gasteiger partial charge is 0.240 e. The number of likely N-dealkylation sites (tertiary alicyclic amines) is 2. The number of nitrogens with two attached hydrogens (primary N) is 1. The summed E-state index contributed by atoms with van der Waals surface area (Å²) in [6.45, 7) is 11.3. The molecule has 2 rings (SSSR count). The van der Waals surface area contributed by atoms with Crippen LogP contribution in [-0.2, 0) is 9.59 Å². The van der Waals surface area contributed by atoms with E-state index in [9.17, 15) is 9.59 Å². The number of rotatable bonds is 2. The van der Waals surface area contributed by atoms with Crippen LogP contribution in [0.1, 0.15) is 53.4 Å². The van der Waals surface area contributed by atoms with Crippen LogP contribution in [0.4, 0.5) is 0 Å². The molecule has 0 bridgehead atoms. The minimum atomic E-state index is -0.474. The summed E-state index contributed by atoms with van der Waals surface area (Å²) in [5.41, 5.74) is 5.86. The highest BCUT2D eigenvalue weighted by molar-refractivity contribution is 5.85. The second-order valence-electron chi connectivity index (χ2n) is 8.45. The zero-order valence-electron chi connectivity index (χ0n) is 15.6. The fourth-order valence-electron chi connectivity index (χ4n) is 3.40. The van der Waals surface area contributed by atoms with Gasteiger partial charge in [0.2, 0.25) is 11.8 Å². The van der Waals surface area contributed by atoms with E-state index < -0.39 is 6.04 Å². The zero-order chi connectivity index (χ0) is 17.2. The summed E-state index contributed by atoms with van der Waals surface area (Å²) in [5.74, 6) is 1.13. The fraction of sp³-hybridized carbons (Fsp3) is 0.889. The van der Waals surface area contributed by atoms with Gasteiger partial charge in [0.15, 0.2) is 0 Å². The second-order valence-corrected chi connectivity index (χ2v) is 8.45. The van der Waals surface area contributed by atoms with Crippen molar-refractivity contribution in [2.75, 3.05) is 26.2 Å². The minimum absolute atomic E-state index is 0. The molecule has 2 saturated heterocycles. The number of hydrogen-bond donors (Lipinski definition) is 1. The third-order valence-corrected chi connectivity index (χ3v) is 5.45. The van der Waals surface area contributed by atoms with Crippen LogP contribution in [0.5, 0.6) is 0 Å². The van der Waals surface area contributed by atoms with Gasteiger partial charge >= 0.3 is 0 Å². The molecule has 0 unspecified atom stereocenters. The number of carbonyl (C=O) groups excluding carboxylic acids is 2. The van der Waals surface area contributed by atoms with Gasteiger partial charge in [0, 0.05) is 32.1 Å². The maximum Gasteiger partial charge on any atom is 0.240 e. The Morgan fingerprint density at radius 2 is 1.42 bits per heavy atom. The fourth-order valence-corrected chi connectivity index (χ4v) is 3.40. The molecule has 2 aliphatic rings. The second kappa shape index (κ2) is 8.52. The van der Waals surface area contributed by atoms with Crippen molar-refractivity contribution < 1.29 is 9.59 Å². The van der Waals surface area contributed by atoms with Crippen molar-refractivity contribution in [3.63, 3.8) is 0 Å². The van der Waals surface area contributed by atoms with E-state index in [1.54, 1.807) is 0 Å². The first-order valence-electron chi connectivity index (χ1n) is 9.03. The highest BCUT2D eigenvalue weighted by atomic mass is 35.5. The third kappa shape index (κ3) is 5.09. The number of carbonyl (C=O) groups is 2. The lowest BCUT2D eigenvalue weighted by molar-refractivity contribution is -0.143. The molecule has 2 aliphatic heterocycles. The van der Waals surface area contributed by atoms with E-state index in [2.05, 4.69) is 6.92 Å². The summed E-state index contributed by atoms with van der Waals surface area (Å²) in [7, 11) is 0. The molecule has 2 heterocycles. The Morgan fingerprint density at radius 3 is 1.88 bits per heavy atom. The summed E-state index contributed by atoms with van der Waals surface area (Å²) in [6, 6.07) is -0.474. The van der Waals surface area contributed by atoms with Gasteiger partial charge in [0.25, 0.3) is 0 Å². The van der Waals surface area contributed by atoms with Crippen molar-refractivity contribution in [3.8, 4) is 0 Å². The quantitative estimate of drug-likeness (QED) is 0.822. The molecule has 0 aromatic heterocycles. The molecule has 6 heteroatoms. The Hall–Kier alpha value is -0.810. The van der Waals surface area contributed by atoms with Gasteiger partial charge in [-0.05, 0) is 37.0 Å². The van der Waals surface area contributed by atoms with E-state index in [0.29, 0.717) is 19.0 Å². The first-order chi connectivity index (χ1) is 10.7. The van der Waals surface area contributed by atoms with Crippen LogP contribution in [0.25, 0.3) is 0 Å². The van der Waals surface area contributed by atoms with Crippen LogP contribution in [-0.4, -0.2) is 53.8 Å². The molecule has 24 heavy (non-hydrogen) atoms. The summed E-state index contributed by atoms with van der Waals surface area (Å²) in [4.78, 5) is 29.0. The van der Waals surface area contributed by atoms with Crippen LogP contribution in [0.15, 0.2) is 0 Å². The largest absolute Gasteiger partial charge is 0.342 e. The molecule has 0 aliphatic carbocycles. The number of hydrogen-bond acceptors (Lipinski definition) is 3. The molecule has 2 amide bonds. The standard InChI is InChI=1S/C18H33N3O2.ClH/c1-13-5-9-20(10-6-13)16(22)14-7-11-21(12-8-14)17(23)15(19)18(2,3)4;/h13-15H,5-12,19H2,1-4H3;1H/t15-;/m1./s1. The summed E-state index contributed by atoms with van der Waals surface area (Å²) in [5, 5.41) is 0. The highest BCUT2D eigenvalue weighted by Crippen LogP contribution is 2.25. The summed E-state index contributed by atoms with van der Waals surface area (Å²) < 4.78 is 0. The molecule has 0 radical (unpaired) electrons. The topological polar surface area (TPSA) is 66.6 Å². The van der Waals surface area contributed by atoms with Crippen LogP contribution in [0, 0.1) is 17.3 Å². The molecular formula is C18H34ClN3O2. The Morgan fingerprint density at radius 1 is 0.958 bits per heavy atom. The van der Waals surface area contributed by atoms with E-state index in [-0.39, 0.29) is 29.6 Å². The molecule has 0 aromatic carbocycles. The summed E-state index contributed by atoms with van der Waals surface area (Å²) in [6.07, 6.45) is 3.77. The lowest BCUT2D eigenvalue weighted by atomic mass is 9.85. The molecule has 2 fully saturated rings. The number of amides is 2. The van der Waals surface area contributed by atoms with Gasteiger partial charge in [0.1, 0.15) is 0 Å². The van der Waals surface area contributed by atoms with Crippen molar-refractivity contribution in [3.05, 3.63) is 0 Å². The van der Waals surface area contributed by atoms with E-state index in [0.717, 1.165) is 44.7 Å². The summed E-state index contributed by atoms with van der Waals surface area (Å²) >= 11 is 0. The normalized spacial score (nSPS) is 22.0. The van der Waals surface area contributed by atoms with Gasteiger partial charge in [-0.3, -0.25) is 9.59 Å². The van der Waals surface area contributed by atoms with Crippen molar-refractivity contribution >= 4 is 24.2 Å². The van der Waals surface area contributed by atoms with Crippen LogP contribution >= 0.6 is 12.4 Å². The van der Waals surface area contributed by atoms with E-state index >= 15 is 0 Å². The average molecular weight is 360 g/mol. The van der Waals surface area contributed by atoms with Crippen molar-refractivity contribution in [2.45, 2.75) is 59.4 Å². The van der Waals surface area contributed by atoms with E-state index in [1.807, 2.05) is 30.6 Å². The lowest BCUT2D eigenvalue weighted by Gasteiger charge is -2.38. The number of piperidine rings is 2. The van der Waals surface area contributed by atoms with Gasteiger partial charge in [-0.1, -0.05) is 27.7 Å². The van der Waals surface area contributed by atoms with Gasteiger partial charge in [-0.15, -0.1) is 12.4 Å². The van der Waals surface area contributed by atoms with E-state index in [1.165, 1.54) is 0 Å². The molecule has 0 saturated carbocycles. The first kappa shape index (κ1) is 21.2. The molecule has 140 valence electrons. The Kier molecular flexibility index (Phi) is 7.54. The van der Waals surface area contributed by atoms with E-state index in [4.69, 9.17) is 5.73 Å². The van der Waals surface area contributed by atoms with Crippen molar-refractivity contribution in [2.24, 2.45) is 23.0 Å². The minimum Gasteiger partial charge on any atom is -0.342 e. The lowest BCUT2D eigenvalue weighted by Crippen LogP contribution is -2.53. The first-order valence-corrected chi connectivity index (χ1v) is 9.03. The molecular weight excluding hydrogens is 326 g/mol. The van der Waals surface area contributed by atoms with Gasteiger partial charge in [0.05, 0.1) is 6.04 Å². The highest BCUT2D eigenvalue weighted by Gasteiger charge is 2.35. The van der Waals surface area contributed by atoms with Crippen LogP contribution in [0.3, 0.4) is 0 Å². The monoisotopic (exact) mass is 359 g/mol. The molecule has 1 atom stereocenters. The van der Waals surface area contributed by atoms with Crippen LogP contribution in [0.2, 0.25) is 0 Å². The average Bonchev–Trinajstić information content (AvgIpc) is 2.53. The Labute approximate surface area is 152 Å². The number of halogens is 1. The van der Waals surface area contributed by atoms with Crippen molar-refractivity contribution in [1.82, 2.24) is 9.80 Å². The predicted molar refractivity (Wildman–Crippen MR) is 99.0 cm³/mol. The van der Waals surface area contributed by atoms with Gasteiger partial charge in [-0.2, -0.15) is 0 Å². The van der Waals surface area contributed by atoms with Gasteiger partial charge in [-0.25, -0.2) is 0 Å². The third-order valence-electron chi connectivity index (χ3n) is 5.45. The molecule has 0 spiro atoms. The molecule has 0 aromatic rings.